The Balaban J connectivity index is 3.06. The topological polar surface area (TPSA) is 51.2 Å². The summed E-state index contributed by atoms with van der Waals surface area (Å²) in [4.78, 5) is 11.6. The number of ketones is 1. The van der Waals surface area contributed by atoms with E-state index in [9.17, 15) is 13.2 Å². The molecule has 82 valence electrons. The normalized spacial score (nSPS) is 13.5. The third kappa shape index (κ3) is 3.04. The van der Waals surface area contributed by atoms with Crippen LogP contribution >= 0.6 is 11.6 Å². The third-order valence-corrected chi connectivity index (χ3v) is 4.02. The third-order valence-electron chi connectivity index (χ3n) is 1.88. The van der Waals surface area contributed by atoms with Gasteiger partial charge in [-0.3, -0.25) is 4.79 Å². The van der Waals surface area contributed by atoms with Gasteiger partial charge in [-0.05, 0) is 13.0 Å². The first kappa shape index (κ1) is 12.2. The number of hydrogen-bond donors (Lipinski definition) is 0. The minimum Gasteiger partial charge on any atom is -0.291 e. The molecule has 5 heteroatoms. The Morgan fingerprint density at radius 1 is 1.40 bits per heavy atom. The van der Waals surface area contributed by atoms with Crippen LogP contribution in [0.1, 0.15) is 15.9 Å². The zero-order valence-electron chi connectivity index (χ0n) is 8.40. The van der Waals surface area contributed by atoms with Crippen molar-refractivity contribution in [2.45, 2.75) is 11.6 Å². The number of carbonyl (C=O) groups excluding carboxylic acids is 1. The molecule has 0 aliphatic heterocycles. The Labute approximate surface area is 94.0 Å². The number of halogens is 1. The molecule has 0 spiro atoms. The van der Waals surface area contributed by atoms with Gasteiger partial charge in [-0.1, -0.05) is 35.4 Å². The van der Waals surface area contributed by atoms with Gasteiger partial charge in [0.25, 0.3) is 0 Å². The minimum absolute atomic E-state index is 0.320. The zero-order valence-corrected chi connectivity index (χ0v) is 9.97. The van der Waals surface area contributed by atoms with Gasteiger partial charge >= 0.3 is 0 Å². The predicted molar refractivity (Wildman–Crippen MR) is 60.0 cm³/mol. The maximum Gasteiger partial charge on any atom is 0.197 e. The van der Waals surface area contributed by atoms with E-state index in [2.05, 4.69) is 0 Å². The number of carbonyl (C=O) groups is 1. The first-order chi connectivity index (χ1) is 6.82. The molecular formula is C10H11ClO3S. The van der Waals surface area contributed by atoms with Crippen LogP contribution in [0.15, 0.2) is 24.3 Å². The van der Waals surface area contributed by atoms with E-state index in [1.165, 1.54) is 0 Å². The van der Waals surface area contributed by atoms with E-state index < -0.39 is 20.3 Å². The van der Waals surface area contributed by atoms with E-state index in [-0.39, 0.29) is 0 Å². The van der Waals surface area contributed by atoms with Gasteiger partial charge in [0.15, 0.2) is 20.3 Å². The monoisotopic (exact) mass is 246 g/mol. The van der Waals surface area contributed by atoms with Crippen LogP contribution in [0.25, 0.3) is 0 Å². The van der Waals surface area contributed by atoms with Gasteiger partial charge in [0.1, 0.15) is 0 Å². The van der Waals surface area contributed by atoms with Crippen molar-refractivity contribution in [2.75, 3.05) is 6.26 Å². The molecule has 0 amide bonds. The van der Waals surface area contributed by atoms with Crippen molar-refractivity contribution in [2.24, 2.45) is 0 Å². The highest BCUT2D eigenvalue weighted by Crippen LogP contribution is 2.14. The molecule has 1 aromatic rings. The molecule has 0 heterocycles. The van der Waals surface area contributed by atoms with E-state index in [1.54, 1.807) is 18.2 Å². The molecule has 0 saturated heterocycles. The summed E-state index contributed by atoms with van der Waals surface area (Å²) in [6, 6.07) is 6.67. The van der Waals surface area contributed by atoms with Crippen molar-refractivity contribution in [3.63, 3.8) is 0 Å². The lowest BCUT2D eigenvalue weighted by atomic mass is 10.1. The van der Waals surface area contributed by atoms with Crippen LogP contribution in [0.2, 0.25) is 0 Å². The predicted octanol–water partition coefficient (Wildman–Crippen LogP) is 1.79. The highest BCUT2D eigenvalue weighted by molar-refractivity contribution is 7.93. The number of sulfone groups is 1. The Hall–Kier alpha value is -0.870. The average Bonchev–Trinajstić information content (AvgIpc) is 2.14. The number of hydrogen-bond acceptors (Lipinski definition) is 3. The van der Waals surface area contributed by atoms with E-state index in [1.807, 2.05) is 13.0 Å². The summed E-state index contributed by atoms with van der Waals surface area (Å²) < 4.78 is 20.7. The van der Waals surface area contributed by atoms with E-state index >= 15 is 0 Å². The second-order valence-electron chi connectivity index (χ2n) is 3.38. The molecule has 0 bridgehead atoms. The van der Waals surface area contributed by atoms with Crippen LogP contribution in [0.4, 0.5) is 0 Å². The maximum atomic E-state index is 11.6. The lowest BCUT2D eigenvalue weighted by Gasteiger charge is -2.06. The molecular weight excluding hydrogens is 236 g/mol. The fourth-order valence-corrected chi connectivity index (χ4v) is 1.77. The molecule has 1 aromatic carbocycles. The molecule has 0 saturated carbocycles. The van der Waals surface area contributed by atoms with Crippen LogP contribution < -0.4 is 0 Å². The molecule has 0 radical (unpaired) electrons. The van der Waals surface area contributed by atoms with Crippen molar-refractivity contribution in [1.82, 2.24) is 0 Å². The highest BCUT2D eigenvalue weighted by atomic mass is 35.5. The fraction of sp³-hybridized carbons (Fsp3) is 0.300. The minimum atomic E-state index is -3.55. The second-order valence-corrected chi connectivity index (χ2v) is 6.20. The quantitative estimate of drug-likeness (QED) is 0.604. The molecule has 0 aromatic heterocycles. The van der Waals surface area contributed by atoms with Gasteiger partial charge in [-0.2, -0.15) is 0 Å². The van der Waals surface area contributed by atoms with Crippen molar-refractivity contribution in [3.05, 3.63) is 35.4 Å². The molecule has 3 nitrogen and oxygen atoms in total. The van der Waals surface area contributed by atoms with Crippen molar-refractivity contribution in [3.8, 4) is 0 Å². The Bertz CT molecular complexity index is 479. The van der Waals surface area contributed by atoms with Gasteiger partial charge in [0, 0.05) is 11.8 Å². The summed E-state index contributed by atoms with van der Waals surface area (Å²) in [5, 5.41) is 0. The SMILES string of the molecule is Cc1cccc(C(=O)[C@@H](Cl)S(C)(=O)=O)c1. The number of alkyl halides is 1. The van der Waals surface area contributed by atoms with Gasteiger partial charge in [-0.15, -0.1) is 0 Å². The van der Waals surface area contributed by atoms with Crippen LogP contribution in [-0.2, 0) is 9.84 Å². The van der Waals surface area contributed by atoms with E-state index in [0.717, 1.165) is 11.8 Å². The lowest BCUT2D eigenvalue weighted by molar-refractivity contribution is 0.101. The molecule has 15 heavy (non-hydrogen) atoms. The number of aryl methyl sites for hydroxylation is 1. The Morgan fingerprint density at radius 3 is 2.47 bits per heavy atom. The molecule has 0 aliphatic rings. The maximum absolute atomic E-state index is 11.6. The van der Waals surface area contributed by atoms with E-state index in [4.69, 9.17) is 11.6 Å². The smallest absolute Gasteiger partial charge is 0.197 e. The lowest BCUT2D eigenvalue weighted by Crippen LogP contribution is -2.23. The standard InChI is InChI=1S/C10H11ClO3S/c1-7-4-3-5-8(6-7)9(12)10(11)15(2,13)14/h3-6,10H,1-2H3/t10-/m0/s1. The summed E-state index contributed by atoms with van der Waals surface area (Å²) >= 11 is 5.56. The Kier molecular flexibility index (Phi) is 3.52. The second kappa shape index (κ2) is 4.33. The van der Waals surface area contributed by atoms with Crippen LogP contribution in [0.5, 0.6) is 0 Å². The van der Waals surface area contributed by atoms with Crippen molar-refractivity contribution >= 4 is 27.2 Å². The summed E-state index contributed by atoms with van der Waals surface area (Å²) in [5.74, 6) is -0.581. The summed E-state index contributed by atoms with van der Waals surface area (Å²) in [7, 11) is -3.55. The van der Waals surface area contributed by atoms with Gasteiger partial charge in [0.05, 0.1) is 0 Å². The number of benzene rings is 1. The summed E-state index contributed by atoms with van der Waals surface area (Å²) in [5.41, 5.74) is 1.21. The number of Topliss-reactive ketones (excluding diaryl/α,β-unsaturated/α-hetero) is 1. The van der Waals surface area contributed by atoms with E-state index in [0.29, 0.717) is 5.56 Å². The molecule has 1 rings (SSSR count). The van der Waals surface area contributed by atoms with Gasteiger partial charge < -0.3 is 0 Å². The molecule has 0 N–H and O–H groups in total. The van der Waals surface area contributed by atoms with Crippen LogP contribution in [0.3, 0.4) is 0 Å². The zero-order chi connectivity index (χ0) is 11.6. The van der Waals surface area contributed by atoms with Gasteiger partial charge in [-0.25, -0.2) is 8.42 Å². The Morgan fingerprint density at radius 2 is 2.00 bits per heavy atom. The van der Waals surface area contributed by atoms with Crippen LogP contribution in [-0.4, -0.2) is 25.2 Å². The number of rotatable bonds is 3. The summed E-state index contributed by atoms with van der Waals surface area (Å²) in [6.07, 6.45) is 0.943. The highest BCUT2D eigenvalue weighted by Gasteiger charge is 2.26. The molecule has 0 unspecified atom stereocenters. The van der Waals surface area contributed by atoms with Gasteiger partial charge in [0.2, 0.25) is 0 Å². The fourth-order valence-electron chi connectivity index (χ4n) is 1.12. The average molecular weight is 247 g/mol. The first-order valence-corrected chi connectivity index (χ1v) is 6.65. The summed E-state index contributed by atoms with van der Waals surface area (Å²) in [6.45, 7) is 1.82. The first-order valence-electron chi connectivity index (χ1n) is 4.26. The van der Waals surface area contributed by atoms with Crippen molar-refractivity contribution < 1.29 is 13.2 Å². The molecule has 1 atom stereocenters. The molecule has 0 fully saturated rings. The molecule has 0 aliphatic carbocycles. The largest absolute Gasteiger partial charge is 0.291 e. The van der Waals surface area contributed by atoms with Crippen molar-refractivity contribution in [1.29, 1.82) is 0 Å². The van der Waals surface area contributed by atoms with Crippen LogP contribution in [0, 0.1) is 6.92 Å².